The second-order valence-electron chi connectivity index (χ2n) is 7.72. The van der Waals surface area contributed by atoms with Crippen molar-refractivity contribution >= 4 is 23.2 Å². The summed E-state index contributed by atoms with van der Waals surface area (Å²) in [4.78, 5) is 17.0. The van der Waals surface area contributed by atoms with Crippen LogP contribution in [0.25, 0.3) is 11.1 Å². The van der Waals surface area contributed by atoms with Gasteiger partial charge in [-0.15, -0.1) is 0 Å². The summed E-state index contributed by atoms with van der Waals surface area (Å²) in [5, 5.41) is 0.704. The van der Waals surface area contributed by atoms with Gasteiger partial charge in [0.25, 0.3) is 0 Å². The molecule has 0 unspecified atom stereocenters. The number of nitrogens with two attached hydrogens (primary N) is 1. The topological polar surface area (TPSA) is 65.2 Å². The standard InChI is InChI=1S/C25H25ClN2O2/c26-22-8-1-17(2-9-22)3-10-24(29)20-6-4-19(5-7-20)23-15-21(16-28-25(23)27)18-11-13-30-14-12-18/h1-2,4-9,15-16,18H,3,10-14H2,(H2,27,28). The maximum atomic E-state index is 12.6. The van der Waals surface area contributed by atoms with Crippen molar-refractivity contribution in [2.75, 3.05) is 18.9 Å². The van der Waals surface area contributed by atoms with E-state index >= 15 is 0 Å². The number of ketones is 1. The van der Waals surface area contributed by atoms with Crippen LogP contribution in [0.4, 0.5) is 5.82 Å². The summed E-state index contributed by atoms with van der Waals surface area (Å²) in [6, 6.07) is 17.4. The minimum Gasteiger partial charge on any atom is -0.383 e. The van der Waals surface area contributed by atoms with Gasteiger partial charge in [-0.05, 0) is 60.1 Å². The van der Waals surface area contributed by atoms with Crippen molar-refractivity contribution in [3.63, 3.8) is 0 Å². The van der Waals surface area contributed by atoms with Crippen LogP contribution >= 0.6 is 11.6 Å². The van der Waals surface area contributed by atoms with Crippen LogP contribution in [-0.4, -0.2) is 24.0 Å². The predicted molar refractivity (Wildman–Crippen MR) is 121 cm³/mol. The number of hydrogen-bond acceptors (Lipinski definition) is 4. The number of Topliss-reactive ketones (excluding diaryl/α,β-unsaturated/α-hetero) is 1. The Hall–Kier alpha value is -2.69. The first-order valence-electron chi connectivity index (χ1n) is 10.3. The van der Waals surface area contributed by atoms with Crippen LogP contribution in [-0.2, 0) is 11.2 Å². The fourth-order valence-electron chi connectivity index (χ4n) is 3.87. The molecule has 4 nitrogen and oxygen atoms in total. The molecule has 2 N–H and O–H groups in total. The molecule has 3 aromatic rings. The monoisotopic (exact) mass is 420 g/mol. The van der Waals surface area contributed by atoms with E-state index < -0.39 is 0 Å². The van der Waals surface area contributed by atoms with E-state index in [1.54, 1.807) is 0 Å². The predicted octanol–water partition coefficient (Wildman–Crippen LogP) is 5.69. The molecule has 1 fully saturated rings. The second kappa shape index (κ2) is 9.41. The quantitative estimate of drug-likeness (QED) is 0.520. The first kappa shape index (κ1) is 20.6. The maximum Gasteiger partial charge on any atom is 0.163 e. The Morgan fingerprint density at radius 3 is 2.47 bits per heavy atom. The van der Waals surface area contributed by atoms with E-state index in [4.69, 9.17) is 22.1 Å². The number of nitrogens with zero attached hydrogens (tertiary/aromatic N) is 1. The highest BCUT2D eigenvalue weighted by molar-refractivity contribution is 6.30. The average Bonchev–Trinajstić information content (AvgIpc) is 2.79. The van der Waals surface area contributed by atoms with E-state index in [1.807, 2.05) is 54.7 Å². The normalized spacial score (nSPS) is 14.6. The summed E-state index contributed by atoms with van der Waals surface area (Å²) in [7, 11) is 0. The largest absolute Gasteiger partial charge is 0.383 e. The van der Waals surface area contributed by atoms with Gasteiger partial charge in [-0.1, -0.05) is 48.0 Å². The van der Waals surface area contributed by atoms with Gasteiger partial charge in [0.1, 0.15) is 5.82 Å². The Labute approximate surface area is 182 Å². The van der Waals surface area contributed by atoms with Crippen molar-refractivity contribution in [2.24, 2.45) is 0 Å². The summed E-state index contributed by atoms with van der Waals surface area (Å²) in [5.74, 6) is 1.09. The smallest absolute Gasteiger partial charge is 0.163 e. The van der Waals surface area contributed by atoms with Gasteiger partial charge in [0, 0.05) is 42.0 Å². The third kappa shape index (κ3) is 4.89. The zero-order valence-electron chi connectivity index (χ0n) is 16.8. The average molecular weight is 421 g/mol. The Morgan fingerprint density at radius 1 is 1.07 bits per heavy atom. The third-order valence-corrected chi connectivity index (χ3v) is 5.96. The maximum absolute atomic E-state index is 12.6. The van der Waals surface area contributed by atoms with Gasteiger partial charge < -0.3 is 10.5 Å². The summed E-state index contributed by atoms with van der Waals surface area (Å²) in [6.45, 7) is 1.58. The van der Waals surface area contributed by atoms with Gasteiger partial charge in [-0.3, -0.25) is 4.79 Å². The molecule has 154 valence electrons. The number of halogens is 1. The Kier molecular flexibility index (Phi) is 6.46. The number of pyridine rings is 1. The lowest BCUT2D eigenvalue weighted by atomic mass is 9.91. The van der Waals surface area contributed by atoms with E-state index in [9.17, 15) is 4.79 Å². The number of ether oxygens (including phenoxy) is 1. The number of anilines is 1. The van der Waals surface area contributed by atoms with Gasteiger partial charge in [0.2, 0.25) is 0 Å². The highest BCUT2D eigenvalue weighted by Gasteiger charge is 2.18. The SMILES string of the molecule is Nc1ncc(C2CCOCC2)cc1-c1ccc(C(=O)CCc2ccc(Cl)cc2)cc1. The van der Waals surface area contributed by atoms with Crippen LogP contribution in [0.2, 0.25) is 5.02 Å². The highest BCUT2D eigenvalue weighted by Crippen LogP contribution is 2.32. The summed E-state index contributed by atoms with van der Waals surface area (Å²) in [6.07, 6.45) is 5.05. The van der Waals surface area contributed by atoms with E-state index in [0.717, 1.165) is 42.7 Å². The lowest BCUT2D eigenvalue weighted by molar-refractivity contribution is 0.0853. The van der Waals surface area contributed by atoms with Crippen LogP contribution < -0.4 is 5.73 Å². The number of aromatic nitrogens is 1. The lowest BCUT2D eigenvalue weighted by Gasteiger charge is -2.22. The minimum absolute atomic E-state index is 0.124. The molecule has 0 amide bonds. The van der Waals surface area contributed by atoms with Gasteiger partial charge in [0.05, 0.1) is 0 Å². The van der Waals surface area contributed by atoms with E-state index in [2.05, 4.69) is 11.1 Å². The molecule has 0 bridgehead atoms. The molecule has 1 aliphatic heterocycles. The summed E-state index contributed by atoms with van der Waals surface area (Å²) < 4.78 is 5.47. The third-order valence-electron chi connectivity index (χ3n) is 5.70. The molecule has 2 heterocycles. The number of aryl methyl sites for hydroxylation is 1. The van der Waals surface area contributed by atoms with Crippen LogP contribution in [0.5, 0.6) is 0 Å². The van der Waals surface area contributed by atoms with Crippen molar-refractivity contribution in [3.8, 4) is 11.1 Å². The molecule has 0 spiro atoms. The molecule has 1 aliphatic rings. The van der Waals surface area contributed by atoms with Crippen molar-refractivity contribution in [2.45, 2.75) is 31.6 Å². The molecule has 0 atom stereocenters. The van der Waals surface area contributed by atoms with Gasteiger partial charge in [0.15, 0.2) is 5.78 Å². The molecular formula is C25H25ClN2O2. The molecule has 1 aromatic heterocycles. The number of nitrogen functional groups attached to an aromatic ring is 1. The van der Waals surface area contributed by atoms with E-state index in [-0.39, 0.29) is 5.78 Å². The molecule has 30 heavy (non-hydrogen) atoms. The van der Waals surface area contributed by atoms with Crippen molar-refractivity contribution in [3.05, 3.63) is 82.5 Å². The first-order chi connectivity index (χ1) is 14.6. The van der Waals surface area contributed by atoms with Gasteiger partial charge in [-0.25, -0.2) is 4.98 Å². The van der Waals surface area contributed by atoms with Crippen molar-refractivity contribution in [1.29, 1.82) is 0 Å². The molecule has 0 saturated carbocycles. The van der Waals surface area contributed by atoms with Crippen LogP contribution in [0.3, 0.4) is 0 Å². The lowest BCUT2D eigenvalue weighted by Crippen LogP contribution is -2.14. The Morgan fingerprint density at radius 2 is 1.77 bits per heavy atom. The second-order valence-corrected chi connectivity index (χ2v) is 8.15. The molecule has 2 aromatic carbocycles. The summed E-state index contributed by atoms with van der Waals surface area (Å²) >= 11 is 5.91. The van der Waals surface area contributed by atoms with Crippen molar-refractivity contribution in [1.82, 2.24) is 4.98 Å². The molecular weight excluding hydrogens is 396 g/mol. The highest BCUT2D eigenvalue weighted by atomic mass is 35.5. The number of hydrogen-bond donors (Lipinski definition) is 1. The van der Waals surface area contributed by atoms with Gasteiger partial charge in [-0.2, -0.15) is 0 Å². The molecule has 0 aliphatic carbocycles. The molecule has 5 heteroatoms. The molecule has 4 rings (SSSR count). The Balaban J connectivity index is 1.46. The number of benzene rings is 2. The number of carbonyl (C=O) groups is 1. The Bertz CT molecular complexity index is 1010. The fourth-order valence-corrected chi connectivity index (χ4v) is 3.99. The zero-order valence-corrected chi connectivity index (χ0v) is 17.6. The van der Waals surface area contributed by atoms with Crippen molar-refractivity contribution < 1.29 is 9.53 Å². The fraction of sp³-hybridized carbons (Fsp3) is 0.280. The van der Waals surface area contributed by atoms with Crippen LogP contribution in [0.15, 0.2) is 60.8 Å². The van der Waals surface area contributed by atoms with E-state index in [0.29, 0.717) is 35.2 Å². The van der Waals surface area contributed by atoms with Crippen LogP contribution in [0.1, 0.15) is 46.7 Å². The van der Waals surface area contributed by atoms with Gasteiger partial charge >= 0.3 is 0 Å². The van der Waals surface area contributed by atoms with E-state index in [1.165, 1.54) is 5.56 Å². The first-order valence-corrected chi connectivity index (χ1v) is 10.7. The number of carbonyl (C=O) groups excluding carboxylic acids is 1. The minimum atomic E-state index is 0.124. The molecule has 0 radical (unpaired) electrons. The number of rotatable bonds is 6. The van der Waals surface area contributed by atoms with Crippen LogP contribution in [0, 0.1) is 0 Å². The molecule has 1 saturated heterocycles. The zero-order chi connectivity index (χ0) is 20.9. The summed E-state index contributed by atoms with van der Waals surface area (Å²) in [5.41, 5.74) is 11.1.